The van der Waals surface area contributed by atoms with Gasteiger partial charge in [-0.1, -0.05) is 0 Å². The number of aryl methyl sites for hydroxylation is 3. The van der Waals surface area contributed by atoms with Gasteiger partial charge in [0.2, 0.25) is 0 Å². The van der Waals surface area contributed by atoms with Gasteiger partial charge in [0.15, 0.2) is 5.82 Å². The molecular formula is C20H21N7O. The summed E-state index contributed by atoms with van der Waals surface area (Å²) in [5.41, 5.74) is 4.71. The second-order valence-corrected chi connectivity index (χ2v) is 6.72. The molecule has 1 aromatic carbocycles. The van der Waals surface area contributed by atoms with Crippen molar-refractivity contribution in [2.45, 2.75) is 20.8 Å². The first-order valence-corrected chi connectivity index (χ1v) is 8.88. The lowest BCUT2D eigenvalue weighted by molar-refractivity contribution is 0.475. The van der Waals surface area contributed by atoms with E-state index in [1.807, 2.05) is 52.1 Å². The highest BCUT2D eigenvalue weighted by Gasteiger charge is 2.15. The maximum atomic E-state index is 9.51. The molecule has 0 unspecified atom stereocenters. The second kappa shape index (κ2) is 6.80. The van der Waals surface area contributed by atoms with Crippen LogP contribution in [0.15, 0.2) is 42.7 Å². The molecule has 142 valence electrons. The minimum atomic E-state index is 0.230. The van der Waals surface area contributed by atoms with Crippen LogP contribution in [0.5, 0.6) is 5.75 Å². The largest absolute Gasteiger partial charge is 0.508 e. The van der Waals surface area contributed by atoms with E-state index in [1.54, 1.807) is 21.5 Å². The number of benzene rings is 1. The van der Waals surface area contributed by atoms with Crippen LogP contribution in [-0.4, -0.2) is 34.6 Å². The quantitative estimate of drug-likeness (QED) is 0.567. The molecule has 8 heteroatoms. The van der Waals surface area contributed by atoms with Crippen LogP contribution in [0.3, 0.4) is 0 Å². The predicted octanol–water partition coefficient (Wildman–Crippen LogP) is 3.44. The molecule has 0 radical (unpaired) electrons. The highest BCUT2D eigenvalue weighted by molar-refractivity contribution is 5.71. The van der Waals surface area contributed by atoms with Crippen LogP contribution in [0, 0.1) is 20.8 Å². The monoisotopic (exact) mass is 375 g/mol. The van der Waals surface area contributed by atoms with Crippen molar-refractivity contribution in [2.24, 2.45) is 7.05 Å². The number of rotatable bonds is 4. The third-order valence-corrected chi connectivity index (χ3v) is 4.55. The van der Waals surface area contributed by atoms with Crippen molar-refractivity contribution in [3.8, 4) is 22.8 Å². The number of nitrogens with one attached hydrogen (secondary N) is 1. The maximum absolute atomic E-state index is 9.51. The third kappa shape index (κ3) is 3.20. The number of nitrogens with zero attached hydrogens (tertiary/aromatic N) is 6. The van der Waals surface area contributed by atoms with Gasteiger partial charge in [-0.2, -0.15) is 10.2 Å². The van der Waals surface area contributed by atoms with Crippen LogP contribution in [0.4, 0.5) is 11.6 Å². The molecule has 8 nitrogen and oxygen atoms in total. The summed E-state index contributed by atoms with van der Waals surface area (Å²) in [6.07, 6.45) is 1.51. The van der Waals surface area contributed by atoms with E-state index in [0.29, 0.717) is 11.6 Å². The van der Waals surface area contributed by atoms with Gasteiger partial charge in [-0.05, 0) is 51.1 Å². The van der Waals surface area contributed by atoms with E-state index in [4.69, 9.17) is 0 Å². The standard InChI is InChI=1S/C20H21N7O/c1-12-9-13(2)27(24-12)18-10-17(21-11-22-18)23-20-14(3)19(25-26(20)4)15-5-7-16(28)8-6-15/h5-11,28H,1-4H3,(H,21,22,23). The molecule has 0 bridgehead atoms. The topological polar surface area (TPSA) is 93.7 Å². The van der Waals surface area contributed by atoms with Crippen LogP contribution in [0.1, 0.15) is 17.0 Å². The van der Waals surface area contributed by atoms with Gasteiger partial charge in [0.1, 0.15) is 23.7 Å². The smallest absolute Gasteiger partial charge is 0.159 e. The highest BCUT2D eigenvalue weighted by Crippen LogP contribution is 2.30. The normalized spacial score (nSPS) is 11.0. The van der Waals surface area contributed by atoms with Crippen LogP contribution < -0.4 is 5.32 Å². The molecule has 3 aromatic heterocycles. The number of aromatic hydroxyl groups is 1. The van der Waals surface area contributed by atoms with Gasteiger partial charge in [0.05, 0.1) is 11.4 Å². The Morgan fingerprint density at radius 1 is 0.964 bits per heavy atom. The molecule has 2 N–H and O–H groups in total. The van der Waals surface area contributed by atoms with Crippen LogP contribution in [0.25, 0.3) is 17.1 Å². The van der Waals surface area contributed by atoms with Crippen molar-refractivity contribution in [1.29, 1.82) is 0 Å². The molecule has 0 aliphatic heterocycles. The van der Waals surface area contributed by atoms with Crippen molar-refractivity contribution < 1.29 is 5.11 Å². The summed E-state index contributed by atoms with van der Waals surface area (Å²) in [4.78, 5) is 8.67. The fourth-order valence-electron chi connectivity index (χ4n) is 3.21. The van der Waals surface area contributed by atoms with E-state index < -0.39 is 0 Å². The van der Waals surface area contributed by atoms with Gasteiger partial charge in [-0.3, -0.25) is 4.68 Å². The van der Waals surface area contributed by atoms with Crippen LogP contribution in [0.2, 0.25) is 0 Å². The number of hydrogen-bond donors (Lipinski definition) is 2. The Labute approximate surface area is 162 Å². The molecule has 0 saturated heterocycles. The van der Waals surface area contributed by atoms with Crippen molar-refractivity contribution in [3.63, 3.8) is 0 Å². The lowest BCUT2D eigenvalue weighted by atomic mass is 10.1. The SMILES string of the molecule is Cc1cc(C)n(-c2cc(Nc3c(C)c(-c4ccc(O)cc4)nn3C)ncn2)n1. The first-order chi connectivity index (χ1) is 13.4. The molecule has 0 atom stereocenters. The fraction of sp³-hybridized carbons (Fsp3) is 0.200. The number of hydrogen-bond acceptors (Lipinski definition) is 6. The Kier molecular flexibility index (Phi) is 4.31. The average molecular weight is 375 g/mol. The second-order valence-electron chi connectivity index (χ2n) is 6.72. The Morgan fingerprint density at radius 3 is 2.39 bits per heavy atom. The van der Waals surface area contributed by atoms with E-state index in [2.05, 4.69) is 25.5 Å². The van der Waals surface area contributed by atoms with Gasteiger partial charge < -0.3 is 10.4 Å². The highest BCUT2D eigenvalue weighted by atomic mass is 16.3. The van der Waals surface area contributed by atoms with Crippen molar-refractivity contribution in [1.82, 2.24) is 29.5 Å². The summed E-state index contributed by atoms with van der Waals surface area (Å²) in [5, 5.41) is 21.9. The van der Waals surface area contributed by atoms with Crippen molar-refractivity contribution in [3.05, 3.63) is 59.7 Å². The molecule has 3 heterocycles. The first-order valence-electron chi connectivity index (χ1n) is 8.88. The van der Waals surface area contributed by atoms with E-state index in [9.17, 15) is 5.11 Å². The molecule has 0 fully saturated rings. The molecule has 0 aliphatic rings. The Hall–Kier alpha value is -3.68. The molecule has 0 aliphatic carbocycles. The lowest BCUT2D eigenvalue weighted by Crippen LogP contribution is -2.06. The van der Waals surface area contributed by atoms with Crippen LogP contribution in [-0.2, 0) is 7.05 Å². The lowest BCUT2D eigenvalue weighted by Gasteiger charge is -2.09. The zero-order valence-electron chi connectivity index (χ0n) is 16.2. The molecule has 28 heavy (non-hydrogen) atoms. The van der Waals surface area contributed by atoms with E-state index in [-0.39, 0.29) is 5.75 Å². The number of phenolic OH excluding ortho intramolecular Hbond substituents is 1. The van der Waals surface area contributed by atoms with Crippen LogP contribution >= 0.6 is 0 Å². The van der Waals surface area contributed by atoms with E-state index in [0.717, 1.165) is 34.0 Å². The van der Waals surface area contributed by atoms with Gasteiger partial charge in [0, 0.05) is 29.9 Å². The molecule has 0 amide bonds. The first kappa shape index (κ1) is 17.7. The molecular weight excluding hydrogens is 354 g/mol. The molecule has 0 spiro atoms. The minimum absolute atomic E-state index is 0.230. The van der Waals surface area contributed by atoms with Crippen molar-refractivity contribution >= 4 is 11.6 Å². The summed E-state index contributed by atoms with van der Waals surface area (Å²) >= 11 is 0. The molecule has 4 aromatic rings. The Bertz CT molecular complexity index is 1140. The van der Waals surface area contributed by atoms with Crippen molar-refractivity contribution in [2.75, 3.05) is 5.32 Å². The zero-order valence-corrected chi connectivity index (χ0v) is 16.2. The van der Waals surface area contributed by atoms with Gasteiger partial charge >= 0.3 is 0 Å². The summed E-state index contributed by atoms with van der Waals surface area (Å²) in [6.45, 7) is 5.94. The third-order valence-electron chi connectivity index (χ3n) is 4.55. The van der Waals surface area contributed by atoms with E-state index in [1.165, 1.54) is 6.33 Å². The maximum Gasteiger partial charge on any atom is 0.159 e. The molecule has 4 rings (SSSR count). The number of anilines is 2. The Morgan fingerprint density at radius 2 is 1.71 bits per heavy atom. The van der Waals surface area contributed by atoms with Gasteiger partial charge in [-0.25, -0.2) is 14.6 Å². The zero-order chi connectivity index (χ0) is 19.8. The minimum Gasteiger partial charge on any atom is -0.508 e. The fourth-order valence-corrected chi connectivity index (χ4v) is 3.21. The number of aromatic nitrogens is 6. The number of phenols is 1. The van der Waals surface area contributed by atoms with E-state index >= 15 is 0 Å². The summed E-state index contributed by atoms with van der Waals surface area (Å²) in [7, 11) is 1.88. The van der Waals surface area contributed by atoms with Gasteiger partial charge in [-0.15, -0.1) is 0 Å². The summed E-state index contributed by atoms with van der Waals surface area (Å²) in [5.74, 6) is 2.41. The average Bonchev–Trinajstić information content (AvgIpc) is 3.15. The van der Waals surface area contributed by atoms with Gasteiger partial charge in [0.25, 0.3) is 0 Å². The summed E-state index contributed by atoms with van der Waals surface area (Å²) < 4.78 is 3.57. The summed E-state index contributed by atoms with van der Waals surface area (Å²) in [6, 6.07) is 10.9. The molecule has 0 saturated carbocycles. The Balaban J connectivity index is 1.67. The predicted molar refractivity (Wildman–Crippen MR) is 107 cm³/mol.